The van der Waals surface area contributed by atoms with E-state index in [-0.39, 0.29) is 6.04 Å². The lowest BCUT2D eigenvalue weighted by atomic mass is 9.99. The van der Waals surface area contributed by atoms with Gasteiger partial charge in [-0.25, -0.2) is 15.4 Å². The van der Waals surface area contributed by atoms with Crippen LogP contribution in [0.1, 0.15) is 18.2 Å². The van der Waals surface area contributed by atoms with Crippen molar-refractivity contribution in [1.82, 2.24) is 25.8 Å². The van der Waals surface area contributed by atoms with Crippen molar-refractivity contribution in [3.8, 4) is 17.0 Å². The molecule has 5 heterocycles. The van der Waals surface area contributed by atoms with Gasteiger partial charge in [0.25, 0.3) is 0 Å². The van der Waals surface area contributed by atoms with Gasteiger partial charge >= 0.3 is 0 Å². The summed E-state index contributed by atoms with van der Waals surface area (Å²) >= 11 is 0. The summed E-state index contributed by atoms with van der Waals surface area (Å²) in [5.74, 6) is 1.54. The van der Waals surface area contributed by atoms with Crippen LogP contribution < -0.4 is 20.5 Å². The lowest BCUT2D eigenvalue weighted by molar-refractivity contribution is 0.122. The molecular formula is C21H24N6O2. The number of ether oxygens (including phenoxy) is 2. The largest absolute Gasteiger partial charge is 0.481 e. The first kappa shape index (κ1) is 18.2. The van der Waals surface area contributed by atoms with Crippen LogP contribution in [0.25, 0.3) is 22.0 Å². The summed E-state index contributed by atoms with van der Waals surface area (Å²) in [6.07, 6.45) is 4.58. The zero-order valence-corrected chi connectivity index (χ0v) is 16.4. The highest BCUT2D eigenvalue weighted by molar-refractivity contribution is 5.98. The Hall–Kier alpha value is -2.81. The van der Waals surface area contributed by atoms with Crippen LogP contribution in [-0.4, -0.2) is 54.9 Å². The van der Waals surface area contributed by atoms with Gasteiger partial charge in [-0.1, -0.05) is 0 Å². The monoisotopic (exact) mass is 392 g/mol. The van der Waals surface area contributed by atoms with Crippen molar-refractivity contribution in [1.29, 1.82) is 0 Å². The Morgan fingerprint density at radius 1 is 1.14 bits per heavy atom. The van der Waals surface area contributed by atoms with Gasteiger partial charge in [0.1, 0.15) is 5.82 Å². The van der Waals surface area contributed by atoms with Crippen molar-refractivity contribution in [3.05, 3.63) is 42.4 Å². The van der Waals surface area contributed by atoms with Crippen LogP contribution in [0.2, 0.25) is 0 Å². The van der Waals surface area contributed by atoms with Crippen LogP contribution in [0.3, 0.4) is 0 Å². The van der Waals surface area contributed by atoms with Gasteiger partial charge in [-0.2, -0.15) is 0 Å². The molecule has 2 aliphatic heterocycles. The summed E-state index contributed by atoms with van der Waals surface area (Å²) in [5, 5.41) is 1.05. The molecule has 3 aromatic rings. The molecular weight excluding hydrogens is 368 g/mol. The standard InChI is InChI=1S/C21H24N6O2/c1-28-21-15(3-2-6-23-21)16-13-18(27-9-11-29-12-10-27)25-19-14(16)4-7-22-20(19)17-5-8-24-26-17/h2-4,6-7,13,17,24,26H,5,8-12H2,1H3. The Morgan fingerprint density at radius 2 is 2.03 bits per heavy atom. The SMILES string of the molecule is COc1ncccc1-c1cc(N2CCOCC2)nc2c(C3CCNN3)nccc12. The highest BCUT2D eigenvalue weighted by Crippen LogP contribution is 2.37. The van der Waals surface area contributed by atoms with E-state index in [1.165, 1.54) is 0 Å². The normalized spacial score (nSPS) is 19.6. The van der Waals surface area contributed by atoms with Crippen molar-refractivity contribution >= 4 is 16.7 Å². The number of nitrogens with one attached hydrogen (secondary N) is 2. The molecule has 8 heteroatoms. The summed E-state index contributed by atoms with van der Waals surface area (Å²) in [6, 6.07) is 8.27. The molecule has 5 rings (SSSR count). The highest BCUT2D eigenvalue weighted by atomic mass is 16.5. The number of aromatic nitrogens is 3. The van der Waals surface area contributed by atoms with Crippen molar-refractivity contribution in [2.45, 2.75) is 12.5 Å². The van der Waals surface area contributed by atoms with E-state index in [2.05, 4.69) is 26.8 Å². The molecule has 2 aliphatic rings. The number of nitrogens with zero attached hydrogens (tertiary/aromatic N) is 4. The molecule has 2 fully saturated rings. The predicted octanol–water partition coefficient (Wildman–Crippen LogP) is 2.08. The predicted molar refractivity (Wildman–Crippen MR) is 111 cm³/mol. The zero-order chi connectivity index (χ0) is 19.6. The van der Waals surface area contributed by atoms with Crippen LogP contribution in [0.15, 0.2) is 36.7 Å². The molecule has 0 spiro atoms. The molecule has 1 atom stereocenters. The van der Waals surface area contributed by atoms with E-state index in [9.17, 15) is 0 Å². The molecule has 2 N–H and O–H groups in total. The number of anilines is 1. The van der Waals surface area contributed by atoms with Crippen molar-refractivity contribution in [3.63, 3.8) is 0 Å². The summed E-state index contributed by atoms with van der Waals surface area (Å²) in [4.78, 5) is 16.4. The van der Waals surface area contributed by atoms with E-state index in [1.807, 2.05) is 24.4 Å². The number of hydrogen-bond donors (Lipinski definition) is 2. The number of methoxy groups -OCH3 is 1. The fourth-order valence-electron chi connectivity index (χ4n) is 4.04. The quantitative estimate of drug-likeness (QED) is 0.698. The van der Waals surface area contributed by atoms with Gasteiger partial charge in [0.2, 0.25) is 5.88 Å². The lowest BCUT2D eigenvalue weighted by Gasteiger charge is -2.29. The van der Waals surface area contributed by atoms with E-state index in [0.29, 0.717) is 19.1 Å². The third-order valence-corrected chi connectivity index (χ3v) is 5.50. The molecule has 0 amide bonds. The topological polar surface area (TPSA) is 84.4 Å². The highest BCUT2D eigenvalue weighted by Gasteiger charge is 2.24. The van der Waals surface area contributed by atoms with Crippen LogP contribution in [-0.2, 0) is 4.74 Å². The molecule has 1 unspecified atom stereocenters. The Morgan fingerprint density at radius 3 is 2.83 bits per heavy atom. The second-order valence-electron chi connectivity index (χ2n) is 7.19. The first-order chi connectivity index (χ1) is 14.3. The molecule has 0 radical (unpaired) electrons. The number of morpholine rings is 1. The van der Waals surface area contributed by atoms with Gasteiger partial charge in [0, 0.05) is 48.5 Å². The molecule has 8 nitrogen and oxygen atoms in total. The van der Waals surface area contributed by atoms with Crippen molar-refractivity contribution < 1.29 is 9.47 Å². The van der Waals surface area contributed by atoms with E-state index in [4.69, 9.17) is 19.4 Å². The van der Waals surface area contributed by atoms with Crippen molar-refractivity contribution in [2.75, 3.05) is 44.9 Å². The molecule has 0 aliphatic carbocycles. The number of rotatable bonds is 4. The van der Waals surface area contributed by atoms with Gasteiger partial charge < -0.3 is 14.4 Å². The van der Waals surface area contributed by atoms with Gasteiger partial charge in [0.15, 0.2) is 0 Å². The number of pyridine rings is 3. The Kier molecular flexibility index (Phi) is 4.97. The van der Waals surface area contributed by atoms with Crippen LogP contribution >= 0.6 is 0 Å². The Labute approximate surface area is 169 Å². The molecule has 3 aromatic heterocycles. The van der Waals surface area contributed by atoms with E-state index in [0.717, 1.165) is 59.6 Å². The van der Waals surface area contributed by atoms with Gasteiger partial charge in [0.05, 0.1) is 37.6 Å². The first-order valence-corrected chi connectivity index (χ1v) is 9.95. The minimum absolute atomic E-state index is 0.134. The van der Waals surface area contributed by atoms with Gasteiger partial charge in [-0.15, -0.1) is 0 Å². The van der Waals surface area contributed by atoms with Crippen LogP contribution in [0.4, 0.5) is 5.82 Å². The molecule has 29 heavy (non-hydrogen) atoms. The average molecular weight is 392 g/mol. The maximum absolute atomic E-state index is 5.56. The van der Waals surface area contributed by atoms with Crippen molar-refractivity contribution in [2.24, 2.45) is 0 Å². The lowest BCUT2D eigenvalue weighted by Crippen LogP contribution is -2.36. The van der Waals surface area contributed by atoms with Gasteiger partial charge in [-0.3, -0.25) is 10.4 Å². The summed E-state index contributed by atoms with van der Waals surface area (Å²) in [5.41, 5.74) is 10.4. The van der Waals surface area contributed by atoms with Crippen LogP contribution in [0, 0.1) is 0 Å². The second kappa shape index (κ2) is 7.90. The zero-order valence-electron chi connectivity index (χ0n) is 16.4. The Balaban J connectivity index is 1.74. The fraction of sp³-hybridized carbons (Fsp3) is 0.381. The summed E-state index contributed by atoms with van der Waals surface area (Å²) in [6.45, 7) is 3.97. The number of hydrazine groups is 1. The molecule has 0 bridgehead atoms. The summed E-state index contributed by atoms with van der Waals surface area (Å²) in [7, 11) is 1.65. The average Bonchev–Trinajstić information content (AvgIpc) is 3.33. The molecule has 2 saturated heterocycles. The minimum atomic E-state index is 0.134. The maximum Gasteiger partial charge on any atom is 0.221 e. The van der Waals surface area contributed by atoms with E-state index < -0.39 is 0 Å². The van der Waals surface area contributed by atoms with Gasteiger partial charge in [-0.05, 0) is 30.7 Å². The third kappa shape index (κ3) is 3.39. The number of hydrogen-bond acceptors (Lipinski definition) is 8. The molecule has 150 valence electrons. The summed E-state index contributed by atoms with van der Waals surface area (Å²) < 4.78 is 11.1. The molecule has 0 aromatic carbocycles. The molecule has 0 saturated carbocycles. The van der Waals surface area contributed by atoms with E-state index >= 15 is 0 Å². The van der Waals surface area contributed by atoms with E-state index in [1.54, 1.807) is 13.3 Å². The maximum atomic E-state index is 5.56. The fourth-order valence-corrected chi connectivity index (χ4v) is 4.04. The van der Waals surface area contributed by atoms with Crippen LogP contribution in [0.5, 0.6) is 5.88 Å². The Bertz CT molecular complexity index is 1020. The third-order valence-electron chi connectivity index (χ3n) is 5.50. The second-order valence-corrected chi connectivity index (χ2v) is 7.19. The minimum Gasteiger partial charge on any atom is -0.481 e. The first-order valence-electron chi connectivity index (χ1n) is 9.95. The smallest absolute Gasteiger partial charge is 0.221 e. The number of fused-ring (bicyclic) bond motifs is 1.